The molecule has 0 radical (unpaired) electrons. The third kappa shape index (κ3) is 3.33. The van der Waals surface area contributed by atoms with E-state index in [1.165, 1.54) is 0 Å². The molecule has 5 rings (SSSR count). The Bertz CT molecular complexity index is 1170. The number of halogens is 1. The SMILES string of the molecule is O=C1C[C@@H](c2ccccc2Cl)CC2=C1[C@H](c1cccc(O)c1)Nc1ccccc1N2. The van der Waals surface area contributed by atoms with Crippen LogP contribution in [0.15, 0.2) is 84.1 Å². The van der Waals surface area contributed by atoms with E-state index >= 15 is 0 Å². The fourth-order valence-electron chi connectivity index (χ4n) is 4.47. The largest absolute Gasteiger partial charge is 0.508 e. The molecular formula is C25H21ClN2O2. The molecular weight excluding hydrogens is 396 g/mol. The zero-order chi connectivity index (χ0) is 20.7. The number of hydrogen-bond acceptors (Lipinski definition) is 4. The van der Waals surface area contributed by atoms with Gasteiger partial charge in [-0.3, -0.25) is 4.79 Å². The highest BCUT2D eigenvalue weighted by atomic mass is 35.5. The zero-order valence-corrected chi connectivity index (χ0v) is 17.0. The van der Waals surface area contributed by atoms with Crippen molar-refractivity contribution in [2.45, 2.75) is 24.8 Å². The van der Waals surface area contributed by atoms with E-state index < -0.39 is 0 Å². The van der Waals surface area contributed by atoms with Gasteiger partial charge < -0.3 is 15.7 Å². The number of Topliss-reactive ketones (excluding diaryl/α,β-unsaturated/α-hetero) is 1. The van der Waals surface area contributed by atoms with Gasteiger partial charge in [-0.2, -0.15) is 0 Å². The van der Waals surface area contributed by atoms with Crippen LogP contribution in [0.2, 0.25) is 5.02 Å². The first kappa shape index (κ1) is 18.8. The Labute approximate surface area is 180 Å². The third-order valence-corrected chi connectivity index (χ3v) is 6.20. The van der Waals surface area contributed by atoms with Gasteiger partial charge in [0.15, 0.2) is 5.78 Å². The average molecular weight is 417 g/mol. The molecule has 2 atom stereocenters. The second-order valence-electron chi connectivity index (χ2n) is 7.79. The molecule has 1 aliphatic heterocycles. The minimum Gasteiger partial charge on any atom is -0.508 e. The lowest BCUT2D eigenvalue weighted by molar-refractivity contribution is -0.116. The molecule has 30 heavy (non-hydrogen) atoms. The lowest BCUT2D eigenvalue weighted by Gasteiger charge is -2.30. The first-order valence-corrected chi connectivity index (χ1v) is 10.4. The Hall–Kier alpha value is -3.24. The summed E-state index contributed by atoms with van der Waals surface area (Å²) >= 11 is 6.45. The fourth-order valence-corrected chi connectivity index (χ4v) is 4.76. The van der Waals surface area contributed by atoms with Gasteiger partial charge in [0.05, 0.1) is 17.4 Å². The van der Waals surface area contributed by atoms with Gasteiger partial charge >= 0.3 is 0 Å². The van der Waals surface area contributed by atoms with Crippen LogP contribution in [0, 0.1) is 0 Å². The molecule has 2 aliphatic rings. The van der Waals surface area contributed by atoms with Crippen LogP contribution < -0.4 is 10.6 Å². The first-order valence-electron chi connectivity index (χ1n) is 10.0. The normalized spacial score (nSPS) is 20.5. The summed E-state index contributed by atoms with van der Waals surface area (Å²) < 4.78 is 0. The number of para-hydroxylation sites is 2. The summed E-state index contributed by atoms with van der Waals surface area (Å²) in [5, 5.41) is 17.8. The van der Waals surface area contributed by atoms with Gasteiger partial charge in [0.2, 0.25) is 0 Å². The maximum Gasteiger partial charge on any atom is 0.163 e. The summed E-state index contributed by atoms with van der Waals surface area (Å²) in [6.07, 6.45) is 1.09. The minimum atomic E-state index is -0.344. The van der Waals surface area contributed by atoms with Gasteiger partial charge in [-0.1, -0.05) is 54.1 Å². The molecule has 0 bridgehead atoms. The number of carbonyl (C=O) groups excluding carboxylic acids is 1. The van der Waals surface area contributed by atoms with Crippen LogP contribution in [0.5, 0.6) is 5.75 Å². The average Bonchev–Trinajstić information content (AvgIpc) is 2.91. The number of allylic oxidation sites excluding steroid dienone is 1. The number of anilines is 2. The van der Waals surface area contributed by atoms with E-state index in [9.17, 15) is 9.90 Å². The Morgan fingerprint density at radius 3 is 2.47 bits per heavy atom. The summed E-state index contributed by atoms with van der Waals surface area (Å²) in [4.78, 5) is 13.5. The highest BCUT2D eigenvalue weighted by Crippen LogP contribution is 2.45. The van der Waals surface area contributed by atoms with Gasteiger partial charge in [0.25, 0.3) is 0 Å². The molecule has 0 saturated carbocycles. The molecule has 3 aromatic carbocycles. The number of nitrogens with one attached hydrogen (secondary N) is 2. The molecule has 4 nitrogen and oxygen atoms in total. The van der Waals surface area contributed by atoms with E-state index in [1.807, 2.05) is 54.6 Å². The number of rotatable bonds is 2. The Kier molecular flexibility index (Phi) is 4.72. The van der Waals surface area contributed by atoms with E-state index in [4.69, 9.17) is 11.6 Å². The number of aromatic hydroxyl groups is 1. The van der Waals surface area contributed by atoms with Crippen molar-refractivity contribution in [2.75, 3.05) is 10.6 Å². The van der Waals surface area contributed by atoms with Crippen molar-refractivity contribution in [3.63, 3.8) is 0 Å². The van der Waals surface area contributed by atoms with Crippen molar-refractivity contribution < 1.29 is 9.90 Å². The quantitative estimate of drug-likeness (QED) is 0.477. The van der Waals surface area contributed by atoms with Crippen molar-refractivity contribution in [1.29, 1.82) is 0 Å². The van der Waals surface area contributed by atoms with Crippen molar-refractivity contribution >= 4 is 28.8 Å². The number of phenols is 1. The maximum atomic E-state index is 13.5. The molecule has 1 aliphatic carbocycles. The molecule has 5 heteroatoms. The molecule has 0 spiro atoms. The van der Waals surface area contributed by atoms with E-state index in [1.54, 1.807) is 18.2 Å². The van der Waals surface area contributed by atoms with Gasteiger partial charge in [-0.05, 0) is 53.8 Å². The van der Waals surface area contributed by atoms with Crippen molar-refractivity contribution in [3.05, 3.63) is 100 Å². The number of fused-ring (bicyclic) bond motifs is 1. The molecule has 3 N–H and O–H groups in total. The first-order chi connectivity index (χ1) is 14.6. The maximum absolute atomic E-state index is 13.5. The second-order valence-corrected chi connectivity index (χ2v) is 8.19. The van der Waals surface area contributed by atoms with Crippen LogP contribution in [-0.4, -0.2) is 10.9 Å². The zero-order valence-electron chi connectivity index (χ0n) is 16.2. The van der Waals surface area contributed by atoms with Gasteiger partial charge in [-0.15, -0.1) is 0 Å². The fraction of sp³-hybridized carbons (Fsp3) is 0.160. The number of ketones is 1. The van der Waals surface area contributed by atoms with Crippen molar-refractivity contribution in [2.24, 2.45) is 0 Å². The summed E-state index contributed by atoms with van der Waals surface area (Å²) in [7, 11) is 0. The molecule has 1 heterocycles. The third-order valence-electron chi connectivity index (χ3n) is 5.86. The van der Waals surface area contributed by atoms with Crippen LogP contribution in [0.3, 0.4) is 0 Å². The Morgan fingerprint density at radius 2 is 1.67 bits per heavy atom. The van der Waals surface area contributed by atoms with Crippen molar-refractivity contribution in [3.8, 4) is 5.75 Å². The number of carbonyl (C=O) groups is 1. The standard InChI is InChI=1S/C25H21ClN2O2/c26-19-9-2-1-8-18(19)16-13-22-24(23(30)14-16)25(15-6-5-7-17(29)12-15)28-21-11-4-3-10-20(21)27-22/h1-12,16,25,27-29H,13-14H2/t16-,25-/m0/s1. The molecule has 150 valence electrons. The van der Waals surface area contributed by atoms with Crippen LogP contribution in [-0.2, 0) is 4.79 Å². The molecule has 0 aromatic heterocycles. The molecule has 0 unspecified atom stereocenters. The van der Waals surface area contributed by atoms with Gasteiger partial charge in [0, 0.05) is 22.7 Å². The topological polar surface area (TPSA) is 61.4 Å². The predicted octanol–water partition coefficient (Wildman–Crippen LogP) is 6.03. The lowest BCUT2D eigenvalue weighted by atomic mass is 9.78. The highest BCUT2D eigenvalue weighted by molar-refractivity contribution is 6.31. The van der Waals surface area contributed by atoms with E-state index in [0.29, 0.717) is 17.9 Å². The second kappa shape index (κ2) is 7.54. The smallest absolute Gasteiger partial charge is 0.163 e. The van der Waals surface area contributed by atoms with Crippen LogP contribution in [0.4, 0.5) is 11.4 Å². The number of benzene rings is 3. The van der Waals surface area contributed by atoms with Crippen molar-refractivity contribution in [1.82, 2.24) is 0 Å². The summed E-state index contributed by atoms with van der Waals surface area (Å²) in [6, 6.07) is 22.4. The molecule has 0 saturated heterocycles. The summed E-state index contributed by atoms with van der Waals surface area (Å²) in [5.74, 6) is 0.286. The van der Waals surface area contributed by atoms with Crippen LogP contribution in [0.1, 0.15) is 35.9 Å². The minimum absolute atomic E-state index is 0.0209. The van der Waals surface area contributed by atoms with E-state index in [-0.39, 0.29) is 23.5 Å². The van der Waals surface area contributed by atoms with Crippen LogP contribution >= 0.6 is 11.6 Å². The Balaban J connectivity index is 1.63. The van der Waals surface area contributed by atoms with Gasteiger partial charge in [0.1, 0.15) is 5.75 Å². The highest BCUT2D eigenvalue weighted by Gasteiger charge is 2.36. The summed E-state index contributed by atoms with van der Waals surface area (Å²) in [5.41, 5.74) is 5.33. The molecule has 0 fully saturated rings. The van der Waals surface area contributed by atoms with E-state index in [2.05, 4.69) is 10.6 Å². The predicted molar refractivity (Wildman–Crippen MR) is 120 cm³/mol. The monoisotopic (exact) mass is 416 g/mol. The number of phenolic OH excluding ortho intramolecular Hbond substituents is 1. The lowest BCUT2D eigenvalue weighted by Crippen LogP contribution is -2.27. The van der Waals surface area contributed by atoms with Crippen LogP contribution in [0.25, 0.3) is 0 Å². The summed E-state index contributed by atoms with van der Waals surface area (Å²) in [6.45, 7) is 0. The molecule has 0 amide bonds. The number of hydrogen-bond donors (Lipinski definition) is 3. The Morgan fingerprint density at radius 1 is 0.900 bits per heavy atom. The van der Waals surface area contributed by atoms with E-state index in [0.717, 1.165) is 33.8 Å². The molecule has 3 aromatic rings. The van der Waals surface area contributed by atoms with Gasteiger partial charge in [-0.25, -0.2) is 0 Å².